The Bertz CT molecular complexity index is 591. The van der Waals surface area contributed by atoms with Crippen molar-refractivity contribution in [3.05, 3.63) is 41.7 Å². The van der Waals surface area contributed by atoms with Gasteiger partial charge in [-0.3, -0.25) is 4.79 Å². The second kappa shape index (κ2) is 6.52. The van der Waals surface area contributed by atoms with Crippen LogP contribution in [0.5, 0.6) is 5.75 Å². The number of aryl methyl sites for hydroxylation is 1. The van der Waals surface area contributed by atoms with Gasteiger partial charge in [-0.1, -0.05) is 29.8 Å². The predicted octanol–water partition coefficient (Wildman–Crippen LogP) is 2.83. The minimum atomic E-state index is 0.454. The lowest BCUT2D eigenvalue weighted by molar-refractivity contribution is 0.111. The molecule has 0 radical (unpaired) electrons. The van der Waals surface area contributed by atoms with E-state index < -0.39 is 0 Å². The number of hydrogen-bond acceptors (Lipinski definition) is 4. The second-order valence-electron chi connectivity index (χ2n) is 5.34. The molecule has 0 N–H and O–H groups in total. The SMILES string of the molecule is O=Cc1nnn(CCCOc2ccccc2)c1C1CCC1. The van der Waals surface area contributed by atoms with Crippen LogP contribution in [0.2, 0.25) is 0 Å². The van der Waals surface area contributed by atoms with Gasteiger partial charge in [0.2, 0.25) is 0 Å². The van der Waals surface area contributed by atoms with Crippen LogP contribution in [-0.2, 0) is 6.54 Å². The van der Waals surface area contributed by atoms with Crippen molar-refractivity contribution in [2.45, 2.75) is 38.1 Å². The number of ether oxygens (including phenoxy) is 1. The first-order chi connectivity index (χ1) is 10.4. The van der Waals surface area contributed by atoms with Gasteiger partial charge in [0.05, 0.1) is 12.3 Å². The number of aldehydes is 1. The monoisotopic (exact) mass is 285 g/mol. The molecule has 21 heavy (non-hydrogen) atoms. The van der Waals surface area contributed by atoms with Crippen LogP contribution in [0.3, 0.4) is 0 Å². The maximum absolute atomic E-state index is 11.1. The van der Waals surface area contributed by atoms with E-state index in [9.17, 15) is 4.79 Å². The van der Waals surface area contributed by atoms with Crippen molar-refractivity contribution < 1.29 is 9.53 Å². The molecule has 0 amide bonds. The molecule has 0 aliphatic heterocycles. The Balaban J connectivity index is 1.55. The molecule has 110 valence electrons. The summed E-state index contributed by atoms with van der Waals surface area (Å²) < 4.78 is 7.55. The third kappa shape index (κ3) is 3.12. The fourth-order valence-corrected chi connectivity index (χ4v) is 2.61. The van der Waals surface area contributed by atoms with Gasteiger partial charge in [0.1, 0.15) is 11.4 Å². The number of benzene rings is 1. The molecule has 0 atom stereocenters. The topological polar surface area (TPSA) is 57.0 Å². The van der Waals surface area contributed by atoms with E-state index in [1.54, 1.807) is 0 Å². The molecule has 1 aromatic heterocycles. The molecule has 0 unspecified atom stereocenters. The number of nitrogens with zero attached hydrogens (tertiary/aromatic N) is 3. The van der Waals surface area contributed by atoms with Gasteiger partial charge in [0.15, 0.2) is 6.29 Å². The van der Waals surface area contributed by atoms with Crippen molar-refractivity contribution in [3.63, 3.8) is 0 Å². The number of hydrogen-bond donors (Lipinski definition) is 0. The van der Waals surface area contributed by atoms with Crippen molar-refractivity contribution in [3.8, 4) is 5.75 Å². The van der Waals surface area contributed by atoms with E-state index in [2.05, 4.69) is 10.3 Å². The first kappa shape index (κ1) is 13.8. The van der Waals surface area contributed by atoms with Crippen LogP contribution in [-0.4, -0.2) is 27.9 Å². The number of aromatic nitrogens is 3. The molecule has 3 rings (SSSR count). The highest BCUT2D eigenvalue weighted by molar-refractivity contribution is 5.73. The summed E-state index contributed by atoms with van der Waals surface area (Å²) in [5.74, 6) is 1.33. The Kier molecular flexibility index (Phi) is 4.28. The molecule has 5 heteroatoms. The molecule has 1 saturated carbocycles. The van der Waals surface area contributed by atoms with Crippen molar-refractivity contribution >= 4 is 6.29 Å². The van der Waals surface area contributed by atoms with E-state index in [1.165, 1.54) is 6.42 Å². The van der Waals surface area contributed by atoms with Crippen LogP contribution in [0.1, 0.15) is 47.8 Å². The van der Waals surface area contributed by atoms with E-state index in [1.807, 2.05) is 35.0 Å². The normalized spacial score (nSPS) is 14.7. The number of rotatable bonds is 7. The van der Waals surface area contributed by atoms with Crippen molar-refractivity contribution in [2.75, 3.05) is 6.61 Å². The summed E-state index contributed by atoms with van der Waals surface area (Å²) >= 11 is 0. The molecular formula is C16H19N3O2. The molecule has 0 spiro atoms. The van der Waals surface area contributed by atoms with Crippen molar-refractivity contribution in [1.82, 2.24) is 15.0 Å². The second-order valence-corrected chi connectivity index (χ2v) is 5.34. The zero-order valence-corrected chi connectivity index (χ0v) is 11.9. The van der Waals surface area contributed by atoms with Gasteiger partial charge >= 0.3 is 0 Å². The first-order valence-electron chi connectivity index (χ1n) is 7.45. The lowest BCUT2D eigenvalue weighted by Gasteiger charge is -2.26. The highest BCUT2D eigenvalue weighted by Gasteiger charge is 2.27. The average molecular weight is 285 g/mol. The van der Waals surface area contributed by atoms with Gasteiger partial charge in [-0.2, -0.15) is 0 Å². The first-order valence-corrected chi connectivity index (χ1v) is 7.45. The van der Waals surface area contributed by atoms with Gasteiger partial charge in [-0.25, -0.2) is 4.68 Å². The molecule has 1 aliphatic rings. The smallest absolute Gasteiger partial charge is 0.172 e. The van der Waals surface area contributed by atoms with Gasteiger partial charge in [0, 0.05) is 18.9 Å². The van der Waals surface area contributed by atoms with E-state index >= 15 is 0 Å². The number of carbonyl (C=O) groups is 1. The van der Waals surface area contributed by atoms with Crippen LogP contribution >= 0.6 is 0 Å². The predicted molar refractivity (Wildman–Crippen MR) is 78.6 cm³/mol. The Hall–Kier alpha value is -2.17. The standard InChI is InChI=1S/C16H19N3O2/c20-12-15-16(13-6-4-7-13)19(18-17-15)10-5-11-21-14-8-2-1-3-9-14/h1-3,8-9,12-13H,4-7,10-11H2. The molecular weight excluding hydrogens is 266 g/mol. The minimum absolute atomic E-state index is 0.454. The minimum Gasteiger partial charge on any atom is -0.494 e. The van der Waals surface area contributed by atoms with Gasteiger partial charge in [-0.05, 0) is 25.0 Å². The Morgan fingerprint density at radius 3 is 2.76 bits per heavy atom. The third-order valence-corrected chi connectivity index (χ3v) is 3.93. The van der Waals surface area contributed by atoms with Crippen LogP contribution < -0.4 is 4.74 Å². The van der Waals surface area contributed by atoms with Gasteiger partial charge in [-0.15, -0.1) is 5.10 Å². The molecule has 5 nitrogen and oxygen atoms in total. The largest absolute Gasteiger partial charge is 0.494 e. The van der Waals surface area contributed by atoms with Crippen LogP contribution in [0, 0.1) is 0 Å². The lowest BCUT2D eigenvalue weighted by Crippen LogP contribution is -2.17. The Morgan fingerprint density at radius 2 is 2.10 bits per heavy atom. The summed E-state index contributed by atoms with van der Waals surface area (Å²) in [4.78, 5) is 11.1. The molecule has 2 aromatic rings. The molecule has 1 heterocycles. The highest BCUT2D eigenvalue weighted by Crippen LogP contribution is 2.37. The van der Waals surface area contributed by atoms with Gasteiger partial charge in [0.25, 0.3) is 0 Å². The lowest BCUT2D eigenvalue weighted by atomic mass is 9.82. The van der Waals surface area contributed by atoms with E-state index in [0.717, 1.165) is 43.5 Å². The van der Waals surface area contributed by atoms with Crippen molar-refractivity contribution in [1.29, 1.82) is 0 Å². The van der Waals surface area contributed by atoms with E-state index in [0.29, 0.717) is 18.2 Å². The van der Waals surface area contributed by atoms with Crippen LogP contribution in [0.4, 0.5) is 0 Å². The summed E-state index contributed by atoms with van der Waals surface area (Å²) in [5.41, 5.74) is 1.51. The maximum Gasteiger partial charge on any atom is 0.172 e. The Morgan fingerprint density at radius 1 is 1.29 bits per heavy atom. The molecule has 1 aliphatic carbocycles. The van der Waals surface area contributed by atoms with Crippen LogP contribution in [0.25, 0.3) is 0 Å². The number of para-hydroxylation sites is 1. The van der Waals surface area contributed by atoms with E-state index in [4.69, 9.17) is 4.74 Å². The Labute approximate surface area is 123 Å². The summed E-state index contributed by atoms with van der Waals surface area (Å²) in [6, 6.07) is 9.77. The zero-order valence-electron chi connectivity index (χ0n) is 11.9. The third-order valence-electron chi connectivity index (χ3n) is 3.93. The summed E-state index contributed by atoms with van der Waals surface area (Å²) in [7, 11) is 0. The highest BCUT2D eigenvalue weighted by atomic mass is 16.5. The molecule has 0 bridgehead atoms. The fourth-order valence-electron chi connectivity index (χ4n) is 2.61. The zero-order chi connectivity index (χ0) is 14.5. The molecule has 1 aromatic carbocycles. The maximum atomic E-state index is 11.1. The summed E-state index contributed by atoms with van der Waals surface area (Å²) in [5, 5.41) is 8.09. The summed E-state index contributed by atoms with van der Waals surface area (Å²) in [6.45, 7) is 1.36. The fraction of sp³-hybridized carbons (Fsp3) is 0.438. The molecule has 1 fully saturated rings. The average Bonchev–Trinajstić information content (AvgIpc) is 2.86. The van der Waals surface area contributed by atoms with Gasteiger partial charge < -0.3 is 4.74 Å². The molecule has 0 saturated heterocycles. The number of carbonyl (C=O) groups excluding carboxylic acids is 1. The van der Waals surface area contributed by atoms with Crippen LogP contribution in [0.15, 0.2) is 30.3 Å². The van der Waals surface area contributed by atoms with E-state index in [-0.39, 0.29) is 0 Å². The summed E-state index contributed by atoms with van der Waals surface area (Å²) in [6.07, 6.45) is 5.16. The quantitative estimate of drug-likeness (QED) is 0.580. The van der Waals surface area contributed by atoms with Crippen molar-refractivity contribution in [2.24, 2.45) is 0 Å².